The van der Waals surface area contributed by atoms with Crippen molar-refractivity contribution in [2.75, 3.05) is 32.8 Å². The van der Waals surface area contributed by atoms with Gasteiger partial charge in [-0.05, 0) is 30.7 Å². The quantitative estimate of drug-likeness (QED) is 0.515. The SMILES string of the molecule is O=C(Cc1ccc(Cl)cc1)N1C[C@@H](O)[C@](O)(CNCCCO)C1. The number of amides is 1. The molecule has 0 aliphatic carbocycles. The summed E-state index contributed by atoms with van der Waals surface area (Å²) in [6.45, 7) is 1.00. The van der Waals surface area contributed by atoms with Crippen molar-refractivity contribution in [2.24, 2.45) is 0 Å². The van der Waals surface area contributed by atoms with Crippen LogP contribution < -0.4 is 5.32 Å². The standard InChI is InChI=1S/C16H23ClN2O4/c17-13-4-2-12(3-5-13)8-15(22)19-9-14(21)16(23,11-19)10-18-6-1-7-20/h2-5,14,18,20-21,23H,1,6-11H2/t14-,16+/m1/s1. The van der Waals surface area contributed by atoms with Crippen molar-refractivity contribution in [1.29, 1.82) is 0 Å². The molecule has 1 fully saturated rings. The highest BCUT2D eigenvalue weighted by Gasteiger charge is 2.45. The molecule has 6 nitrogen and oxygen atoms in total. The number of hydrogen-bond acceptors (Lipinski definition) is 5. The minimum atomic E-state index is -1.36. The molecule has 2 rings (SSSR count). The van der Waals surface area contributed by atoms with Crippen LogP contribution in [-0.2, 0) is 11.2 Å². The van der Waals surface area contributed by atoms with Crippen LogP contribution >= 0.6 is 11.6 Å². The predicted molar refractivity (Wildman–Crippen MR) is 87.3 cm³/mol. The molecule has 0 saturated carbocycles. The summed E-state index contributed by atoms with van der Waals surface area (Å²) in [6.07, 6.45) is -0.207. The molecule has 7 heteroatoms. The predicted octanol–water partition coefficient (Wildman–Crippen LogP) is -0.211. The minimum absolute atomic E-state index is 0.0691. The minimum Gasteiger partial charge on any atom is -0.396 e. The first-order valence-electron chi connectivity index (χ1n) is 7.69. The lowest BCUT2D eigenvalue weighted by atomic mass is 10.0. The van der Waals surface area contributed by atoms with E-state index < -0.39 is 11.7 Å². The molecule has 1 aliphatic heterocycles. The van der Waals surface area contributed by atoms with Crippen molar-refractivity contribution in [2.45, 2.75) is 24.5 Å². The Hall–Kier alpha value is -1.18. The Labute approximate surface area is 140 Å². The molecule has 2 atom stereocenters. The fourth-order valence-corrected chi connectivity index (χ4v) is 2.77. The van der Waals surface area contributed by atoms with Gasteiger partial charge in [0.05, 0.1) is 13.0 Å². The van der Waals surface area contributed by atoms with E-state index in [4.69, 9.17) is 16.7 Å². The number of aliphatic hydroxyl groups is 3. The number of nitrogens with zero attached hydrogens (tertiary/aromatic N) is 1. The summed E-state index contributed by atoms with van der Waals surface area (Å²) in [6, 6.07) is 7.03. The number of carbonyl (C=O) groups is 1. The van der Waals surface area contributed by atoms with Crippen molar-refractivity contribution in [3.8, 4) is 0 Å². The molecule has 0 unspecified atom stereocenters. The van der Waals surface area contributed by atoms with E-state index in [0.29, 0.717) is 18.0 Å². The summed E-state index contributed by atoms with van der Waals surface area (Å²) in [5, 5.41) is 32.9. The van der Waals surface area contributed by atoms with E-state index in [0.717, 1.165) is 5.56 Å². The van der Waals surface area contributed by atoms with Gasteiger partial charge in [0.1, 0.15) is 11.7 Å². The number of hydrogen-bond donors (Lipinski definition) is 4. The van der Waals surface area contributed by atoms with E-state index >= 15 is 0 Å². The summed E-state index contributed by atoms with van der Waals surface area (Å²) in [4.78, 5) is 13.8. The molecule has 0 spiro atoms. The highest BCUT2D eigenvalue weighted by molar-refractivity contribution is 6.30. The molecule has 1 aromatic carbocycles. The van der Waals surface area contributed by atoms with Crippen LogP contribution in [0.5, 0.6) is 0 Å². The number of aliphatic hydroxyl groups excluding tert-OH is 2. The number of carbonyl (C=O) groups excluding carboxylic acids is 1. The van der Waals surface area contributed by atoms with Gasteiger partial charge >= 0.3 is 0 Å². The molecular weight excluding hydrogens is 320 g/mol. The van der Waals surface area contributed by atoms with Crippen LogP contribution in [0.2, 0.25) is 5.02 Å². The van der Waals surface area contributed by atoms with Crippen LogP contribution in [-0.4, -0.2) is 70.6 Å². The highest BCUT2D eigenvalue weighted by atomic mass is 35.5. The zero-order valence-corrected chi connectivity index (χ0v) is 13.7. The topological polar surface area (TPSA) is 93.0 Å². The van der Waals surface area contributed by atoms with Gasteiger partial charge in [-0.15, -0.1) is 0 Å². The zero-order valence-electron chi connectivity index (χ0n) is 12.9. The van der Waals surface area contributed by atoms with Crippen LogP contribution in [0, 0.1) is 0 Å². The second kappa shape index (κ2) is 8.08. The number of halogens is 1. The van der Waals surface area contributed by atoms with E-state index in [1.807, 2.05) is 0 Å². The largest absolute Gasteiger partial charge is 0.396 e. The van der Waals surface area contributed by atoms with Gasteiger partial charge in [0.2, 0.25) is 5.91 Å². The van der Waals surface area contributed by atoms with E-state index in [2.05, 4.69) is 5.32 Å². The molecule has 0 aromatic heterocycles. The molecule has 1 heterocycles. The average molecular weight is 343 g/mol. The van der Waals surface area contributed by atoms with Crippen molar-refractivity contribution < 1.29 is 20.1 Å². The molecule has 23 heavy (non-hydrogen) atoms. The van der Waals surface area contributed by atoms with Gasteiger partial charge in [-0.3, -0.25) is 4.79 Å². The molecule has 0 radical (unpaired) electrons. The Morgan fingerprint density at radius 3 is 2.74 bits per heavy atom. The lowest BCUT2D eigenvalue weighted by Crippen LogP contribution is -2.50. The molecular formula is C16H23ClN2O4. The van der Waals surface area contributed by atoms with Crippen LogP contribution in [0.25, 0.3) is 0 Å². The highest BCUT2D eigenvalue weighted by Crippen LogP contribution is 2.22. The second-order valence-electron chi connectivity index (χ2n) is 5.95. The normalized spacial score (nSPS) is 24.2. The van der Waals surface area contributed by atoms with Crippen molar-refractivity contribution in [1.82, 2.24) is 10.2 Å². The molecule has 1 saturated heterocycles. The first-order chi connectivity index (χ1) is 10.9. The van der Waals surface area contributed by atoms with Crippen LogP contribution in [0.3, 0.4) is 0 Å². The lowest BCUT2D eigenvalue weighted by molar-refractivity contribution is -0.130. The maximum atomic E-state index is 12.3. The number of benzene rings is 1. The third kappa shape index (κ3) is 4.89. The Morgan fingerprint density at radius 2 is 2.09 bits per heavy atom. The van der Waals surface area contributed by atoms with E-state index in [1.54, 1.807) is 24.3 Å². The number of likely N-dealkylation sites (tertiary alicyclic amines) is 1. The summed E-state index contributed by atoms with van der Waals surface area (Å²) in [7, 11) is 0. The Balaban J connectivity index is 1.88. The van der Waals surface area contributed by atoms with Gasteiger partial charge in [0, 0.05) is 24.7 Å². The van der Waals surface area contributed by atoms with Gasteiger partial charge < -0.3 is 25.5 Å². The number of nitrogens with one attached hydrogen (secondary N) is 1. The monoisotopic (exact) mass is 342 g/mol. The molecule has 1 amide bonds. The van der Waals surface area contributed by atoms with E-state index in [1.165, 1.54) is 4.90 Å². The maximum absolute atomic E-state index is 12.3. The van der Waals surface area contributed by atoms with Gasteiger partial charge in [0.15, 0.2) is 0 Å². The maximum Gasteiger partial charge on any atom is 0.227 e. The van der Waals surface area contributed by atoms with Crippen LogP contribution in [0.15, 0.2) is 24.3 Å². The van der Waals surface area contributed by atoms with Crippen molar-refractivity contribution >= 4 is 17.5 Å². The summed E-state index contributed by atoms with van der Waals surface area (Å²) >= 11 is 5.82. The Kier molecular flexibility index (Phi) is 6.38. The van der Waals surface area contributed by atoms with Gasteiger partial charge in [0.25, 0.3) is 0 Å². The fraction of sp³-hybridized carbons (Fsp3) is 0.562. The van der Waals surface area contributed by atoms with Gasteiger partial charge in [-0.2, -0.15) is 0 Å². The van der Waals surface area contributed by atoms with E-state index in [9.17, 15) is 15.0 Å². The van der Waals surface area contributed by atoms with E-state index in [-0.39, 0.29) is 38.6 Å². The van der Waals surface area contributed by atoms with Crippen molar-refractivity contribution in [3.63, 3.8) is 0 Å². The molecule has 0 bridgehead atoms. The first kappa shape index (κ1) is 18.2. The van der Waals surface area contributed by atoms with Crippen LogP contribution in [0.4, 0.5) is 0 Å². The summed E-state index contributed by atoms with van der Waals surface area (Å²) in [5.41, 5.74) is -0.518. The second-order valence-corrected chi connectivity index (χ2v) is 6.39. The summed E-state index contributed by atoms with van der Waals surface area (Å²) in [5.74, 6) is -0.141. The van der Waals surface area contributed by atoms with Gasteiger partial charge in [-0.25, -0.2) is 0 Å². The van der Waals surface area contributed by atoms with Gasteiger partial charge in [-0.1, -0.05) is 23.7 Å². The smallest absolute Gasteiger partial charge is 0.227 e. The van der Waals surface area contributed by atoms with Crippen LogP contribution in [0.1, 0.15) is 12.0 Å². The molecule has 128 valence electrons. The lowest BCUT2D eigenvalue weighted by Gasteiger charge is -2.26. The molecule has 4 N–H and O–H groups in total. The zero-order chi connectivity index (χ0) is 16.9. The Morgan fingerprint density at radius 1 is 1.39 bits per heavy atom. The number of β-amino-alcohol motifs (C(OH)–C–C–N with tert-alkyl or cyclic N) is 2. The molecule has 1 aromatic rings. The molecule has 1 aliphatic rings. The number of rotatable bonds is 7. The summed E-state index contributed by atoms with van der Waals surface area (Å²) < 4.78 is 0. The fourth-order valence-electron chi connectivity index (χ4n) is 2.64. The van der Waals surface area contributed by atoms with Crippen molar-refractivity contribution in [3.05, 3.63) is 34.9 Å². The Bertz CT molecular complexity index is 525. The third-order valence-corrected chi connectivity index (χ3v) is 4.29. The average Bonchev–Trinajstić information content (AvgIpc) is 2.82. The first-order valence-corrected chi connectivity index (χ1v) is 8.06. The third-order valence-electron chi connectivity index (χ3n) is 4.04.